The number of aliphatic hydroxyl groups excluding tert-OH is 1. The third kappa shape index (κ3) is 6.98. The Morgan fingerprint density at radius 3 is 2.48 bits per heavy atom. The summed E-state index contributed by atoms with van der Waals surface area (Å²) in [5, 5.41) is 20.4. The minimum absolute atomic E-state index is 0.0456. The van der Waals surface area contributed by atoms with Crippen LogP contribution in [-0.4, -0.2) is 46.6 Å². The van der Waals surface area contributed by atoms with Crippen molar-refractivity contribution in [3.63, 3.8) is 0 Å². The fraction of sp³-hybridized carbons (Fsp3) is 0.533. The number of nitrogens with one attached hydrogen (secondary N) is 1. The first kappa shape index (κ1) is 19.4. The summed E-state index contributed by atoms with van der Waals surface area (Å²) in [4.78, 5) is 24.5. The fourth-order valence-corrected chi connectivity index (χ4v) is 2.70. The Morgan fingerprint density at radius 2 is 1.96 bits per heavy atom. The minimum atomic E-state index is -0.611. The third-order valence-corrected chi connectivity index (χ3v) is 4.18. The van der Waals surface area contributed by atoms with Crippen molar-refractivity contribution in [3.8, 4) is 0 Å². The van der Waals surface area contributed by atoms with E-state index < -0.39 is 11.0 Å². The molecular formula is C15H23N3O4S. The third-order valence-electron chi connectivity index (χ3n) is 3.36. The summed E-state index contributed by atoms with van der Waals surface area (Å²) >= 11 is 1.29. The highest BCUT2D eigenvalue weighted by Gasteiger charge is 2.12. The van der Waals surface area contributed by atoms with Crippen LogP contribution in [0.5, 0.6) is 0 Å². The topological polar surface area (TPSA) is 95.7 Å². The van der Waals surface area contributed by atoms with Gasteiger partial charge in [0.05, 0.1) is 11.0 Å². The number of benzene rings is 1. The molecule has 7 nitrogen and oxygen atoms in total. The van der Waals surface area contributed by atoms with Crippen molar-refractivity contribution in [2.75, 3.05) is 19.6 Å². The zero-order valence-electron chi connectivity index (χ0n) is 13.4. The number of carbonyl (C=O) groups is 1. The molecule has 1 atom stereocenters. The predicted molar refractivity (Wildman–Crippen MR) is 90.1 cm³/mol. The molecule has 0 fully saturated rings. The van der Waals surface area contributed by atoms with Gasteiger partial charge in [0.2, 0.25) is 5.91 Å². The molecule has 2 N–H and O–H groups in total. The zero-order chi connectivity index (χ0) is 17.2. The van der Waals surface area contributed by atoms with Crippen LogP contribution in [0.25, 0.3) is 0 Å². The van der Waals surface area contributed by atoms with E-state index in [9.17, 15) is 20.0 Å². The van der Waals surface area contributed by atoms with Crippen LogP contribution >= 0.6 is 11.9 Å². The summed E-state index contributed by atoms with van der Waals surface area (Å²) in [5.74, 6) is 0.0528. The van der Waals surface area contributed by atoms with E-state index in [-0.39, 0.29) is 11.6 Å². The molecule has 128 valence electrons. The van der Waals surface area contributed by atoms with Crippen LogP contribution in [0, 0.1) is 10.1 Å². The Balaban J connectivity index is 2.27. The van der Waals surface area contributed by atoms with E-state index >= 15 is 0 Å². The predicted octanol–water partition coefficient (Wildman–Crippen LogP) is 2.20. The number of nitro groups is 1. The van der Waals surface area contributed by atoms with E-state index in [0.29, 0.717) is 32.5 Å². The summed E-state index contributed by atoms with van der Waals surface area (Å²) in [7, 11) is 0. The normalized spacial score (nSPS) is 12.0. The van der Waals surface area contributed by atoms with Crippen LogP contribution in [0.15, 0.2) is 29.2 Å². The summed E-state index contributed by atoms with van der Waals surface area (Å²) in [6.07, 6.45) is 0.121. The van der Waals surface area contributed by atoms with E-state index in [4.69, 9.17) is 0 Å². The molecule has 0 saturated carbocycles. The molecule has 0 heterocycles. The monoisotopic (exact) mass is 341 g/mol. The van der Waals surface area contributed by atoms with Crippen molar-refractivity contribution in [1.29, 1.82) is 0 Å². The Kier molecular flexibility index (Phi) is 8.60. The first-order valence-corrected chi connectivity index (χ1v) is 8.39. The van der Waals surface area contributed by atoms with E-state index in [0.717, 1.165) is 4.90 Å². The number of carbonyl (C=O) groups excluding carboxylic acids is 1. The molecule has 1 unspecified atom stereocenters. The molecule has 0 saturated heterocycles. The van der Waals surface area contributed by atoms with Crippen LogP contribution < -0.4 is 4.72 Å². The Bertz CT molecular complexity index is 506. The van der Waals surface area contributed by atoms with Gasteiger partial charge < -0.3 is 10.0 Å². The lowest BCUT2D eigenvalue weighted by atomic mass is 10.2. The number of nitro benzene ring substituents is 1. The van der Waals surface area contributed by atoms with Crippen LogP contribution in [0.4, 0.5) is 5.69 Å². The molecule has 1 amide bonds. The number of non-ortho nitro benzene ring substituents is 1. The highest BCUT2D eigenvalue weighted by Crippen LogP contribution is 2.19. The van der Waals surface area contributed by atoms with Gasteiger partial charge in [-0.1, -0.05) is 0 Å². The SMILES string of the molecule is CCN(CC)C(=O)CCC(O)CNSc1ccc([N+](=O)[O-])cc1. The average molecular weight is 341 g/mol. The molecule has 8 heteroatoms. The Morgan fingerprint density at radius 1 is 1.35 bits per heavy atom. The van der Waals surface area contributed by atoms with Crippen LogP contribution in [0.1, 0.15) is 26.7 Å². The summed E-state index contributed by atoms with van der Waals surface area (Å²) < 4.78 is 3.00. The van der Waals surface area contributed by atoms with Gasteiger partial charge in [-0.05, 0) is 44.3 Å². The maximum Gasteiger partial charge on any atom is 0.269 e. The lowest BCUT2D eigenvalue weighted by molar-refractivity contribution is -0.384. The minimum Gasteiger partial charge on any atom is -0.392 e. The van der Waals surface area contributed by atoms with Gasteiger partial charge in [0, 0.05) is 43.1 Å². The standard InChI is InChI=1S/C15H23N3O4S/c1-3-17(4-2)15(20)10-7-13(19)11-16-23-14-8-5-12(6-9-14)18(21)22/h5-6,8-9,13,16,19H,3-4,7,10-11H2,1-2H3. The molecule has 1 aromatic carbocycles. The Hall–Kier alpha value is -1.64. The second kappa shape index (κ2) is 10.2. The van der Waals surface area contributed by atoms with E-state index in [2.05, 4.69) is 4.72 Å². The maximum atomic E-state index is 11.8. The highest BCUT2D eigenvalue weighted by molar-refractivity contribution is 7.97. The van der Waals surface area contributed by atoms with E-state index in [1.54, 1.807) is 17.0 Å². The molecule has 0 aliphatic heterocycles. The summed E-state index contributed by atoms with van der Waals surface area (Å²) in [5.41, 5.74) is 0.0456. The lowest BCUT2D eigenvalue weighted by Gasteiger charge is -2.19. The summed E-state index contributed by atoms with van der Waals surface area (Å²) in [6, 6.07) is 6.16. The lowest BCUT2D eigenvalue weighted by Crippen LogP contribution is -2.32. The second-order valence-electron chi connectivity index (χ2n) is 4.96. The van der Waals surface area contributed by atoms with Gasteiger partial charge in [-0.3, -0.25) is 19.6 Å². The molecule has 0 spiro atoms. The number of hydrogen-bond donors (Lipinski definition) is 2. The maximum absolute atomic E-state index is 11.8. The number of hydrogen-bond acceptors (Lipinski definition) is 6. The van der Waals surface area contributed by atoms with Crippen molar-refractivity contribution in [1.82, 2.24) is 9.62 Å². The van der Waals surface area contributed by atoms with E-state index in [1.807, 2.05) is 13.8 Å². The molecule has 1 rings (SSSR count). The number of aliphatic hydroxyl groups is 1. The van der Waals surface area contributed by atoms with Gasteiger partial charge >= 0.3 is 0 Å². The van der Waals surface area contributed by atoms with Crippen LogP contribution in [0.3, 0.4) is 0 Å². The molecule has 0 radical (unpaired) electrons. The van der Waals surface area contributed by atoms with Crippen molar-refractivity contribution >= 4 is 23.5 Å². The van der Waals surface area contributed by atoms with Crippen LogP contribution in [-0.2, 0) is 4.79 Å². The molecule has 0 bridgehead atoms. The van der Waals surface area contributed by atoms with Crippen molar-refractivity contribution in [2.24, 2.45) is 0 Å². The van der Waals surface area contributed by atoms with Crippen molar-refractivity contribution in [3.05, 3.63) is 34.4 Å². The molecule has 0 aliphatic carbocycles. The van der Waals surface area contributed by atoms with Crippen molar-refractivity contribution < 1.29 is 14.8 Å². The Labute approximate surface area is 140 Å². The van der Waals surface area contributed by atoms with Gasteiger partial charge in [-0.2, -0.15) is 0 Å². The zero-order valence-corrected chi connectivity index (χ0v) is 14.2. The largest absolute Gasteiger partial charge is 0.392 e. The second-order valence-corrected chi connectivity index (χ2v) is 5.92. The quantitative estimate of drug-likeness (QED) is 0.385. The highest BCUT2D eigenvalue weighted by atomic mass is 32.2. The molecule has 23 heavy (non-hydrogen) atoms. The first-order valence-electron chi connectivity index (χ1n) is 7.57. The fourth-order valence-electron chi connectivity index (χ4n) is 1.98. The van der Waals surface area contributed by atoms with Crippen molar-refractivity contribution in [2.45, 2.75) is 37.7 Å². The van der Waals surface area contributed by atoms with Gasteiger partial charge in [0.25, 0.3) is 5.69 Å². The smallest absolute Gasteiger partial charge is 0.269 e. The van der Waals surface area contributed by atoms with Gasteiger partial charge in [-0.15, -0.1) is 0 Å². The number of rotatable bonds is 10. The molecule has 0 aromatic heterocycles. The summed E-state index contributed by atoms with van der Waals surface area (Å²) in [6.45, 7) is 5.56. The van der Waals surface area contributed by atoms with Gasteiger partial charge in [0.1, 0.15) is 0 Å². The molecule has 0 aliphatic rings. The van der Waals surface area contributed by atoms with Crippen LogP contribution in [0.2, 0.25) is 0 Å². The number of nitrogens with zero attached hydrogens (tertiary/aromatic N) is 2. The first-order chi connectivity index (χ1) is 11.0. The molecular weight excluding hydrogens is 318 g/mol. The number of amides is 1. The van der Waals surface area contributed by atoms with E-state index in [1.165, 1.54) is 24.1 Å². The average Bonchev–Trinajstić information content (AvgIpc) is 2.54. The van der Waals surface area contributed by atoms with Gasteiger partial charge in [0.15, 0.2) is 0 Å². The molecule has 1 aromatic rings. The van der Waals surface area contributed by atoms with Gasteiger partial charge in [-0.25, -0.2) is 0 Å².